The van der Waals surface area contributed by atoms with Gasteiger partial charge in [-0.25, -0.2) is 18.2 Å². The first-order chi connectivity index (χ1) is 12.8. The van der Waals surface area contributed by atoms with E-state index in [1.165, 1.54) is 6.20 Å². The minimum atomic E-state index is -1.69. The van der Waals surface area contributed by atoms with Crippen molar-refractivity contribution in [2.24, 2.45) is 7.05 Å². The van der Waals surface area contributed by atoms with Gasteiger partial charge in [-0.2, -0.15) is 5.10 Å². The number of aromatic nitrogens is 3. The predicted octanol–water partition coefficient (Wildman–Crippen LogP) is 2.06. The van der Waals surface area contributed by atoms with Crippen LogP contribution in [0.15, 0.2) is 24.4 Å². The summed E-state index contributed by atoms with van der Waals surface area (Å²) in [6.45, 7) is 1.27. The van der Waals surface area contributed by atoms with Gasteiger partial charge in [-0.1, -0.05) is 0 Å². The van der Waals surface area contributed by atoms with E-state index in [0.717, 1.165) is 6.07 Å². The Balaban J connectivity index is 1.66. The molecule has 0 fully saturated rings. The topological polar surface area (TPSA) is 88.9 Å². The number of aryl methyl sites for hydroxylation is 2. The maximum absolute atomic E-state index is 13.5. The number of carbonyl (C=O) groups excluding carboxylic acids is 2. The number of hydrogen-bond donors (Lipinski definition) is 2. The highest BCUT2D eigenvalue weighted by Gasteiger charge is 2.16. The van der Waals surface area contributed by atoms with Crippen molar-refractivity contribution in [3.05, 3.63) is 53.1 Å². The van der Waals surface area contributed by atoms with Crippen molar-refractivity contribution < 1.29 is 22.8 Å². The number of pyridine rings is 1. The van der Waals surface area contributed by atoms with Crippen molar-refractivity contribution in [2.75, 3.05) is 11.9 Å². The molecular formula is C17H14F3N5O2. The molecule has 27 heavy (non-hydrogen) atoms. The Morgan fingerprint density at radius 2 is 1.93 bits per heavy atom. The molecule has 2 amide bonds. The van der Waals surface area contributed by atoms with Crippen LogP contribution >= 0.6 is 0 Å². The van der Waals surface area contributed by atoms with Crippen molar-refractivity contribution in [3.63, 3.8) is 0 Å². The number of nitrogens with one attached hydrogen (secondary N) is 2. The molecule has 2 heterocycles. The average Bonchev–Trinajstić information content (AvgIpc) is 2.93. The third-order valence-corrected chi connectivity index (χ3v) is 3.84. The molecule has 0 aliphatic rings. The Labute approximate surface area is 151 Å². The van der Waals surface area contributed by atoms with Gasteiger partial charge in [-0.05, 0) is 25.1 Å². The first-order valence-corrected chi connectivity index (χ1v) is 7.79. The number of rotatable bonds is 4. The second kappa shape index (κ2) is 7.06. The van der Waals surface area contributed by atoms with Gasteiger partial charge in [0.2, 0.25) is 5.91 Å². The van der Waals surface area contributed by atoms with Gasteiger partial charge in [-0.15, -0.1) is 0 Å². The van der Waals surface area contributed by atoms with E-state index in [2.05, 4.69) is 20.7 Å². The Morgan fingerprint density at radius 1 is 1.19 bits per heavy atom. The molecule has 0 spiro atoms. The molecule has 2 aromatic heterocycles. The quantitative estimate of drug-likeness (QED) is 0.682. The number of benzene rings is 1. The summed E-state index contributed by atoms with van der Waals surface area (Å²) in [4.78, 5) is 28.2. The fraction of sp³-hybridized carbons (Fsp3) is 0.176. The number of carbonyl (C=O) groups is 2. The molecule has 0 radical (unpaired) electrons. The highest BCUT2D eigenvalue weighted by Crippen LogP contribution is 2.19. The van der Waals surface area contributed by atoms with E-state index >= 15 is 0 Å². The summed E-state index contributed by atoms with van der Waals surface area (Å²) in [5.41, 5.74) is 0.990. The molecule has 2 N–H and O–H groups in total. The van der Waals surface area contributed by atoms with Crippen molar-refractivity contribution in [3.8, 4) is 0 Å². The molecule has 10 heteroatoms. The van der Waals surface area contributed by atoms with E-state index < -0.39 is 41.5 Å². The number of hydrogen-bond acceptors (Lipinski definition) is 4. The SMILES string of the molecule is Cc1nn(C)c2ncc(C(=O)NCC(=O)Nc3ccc(F)c(F)c3F)cc12. The van der Waals surface area contributed by atoms with Crippen molar-refractivity contribution in [2.45, 2.75) is 6.92 Å². The second-order valence-electron chi connectivity index (χ2n) is 5.76. The van der Waals surface area contributed by atoms with E-state index in [-0.39, 0.29) is 5.56 Å². The van der Waals surface area contributed by atoms with Gasteiger partial charge in [0.05, 0.1) is 23.5 Å². The largest absolute Gasteiger partial charge is 0.343 e. The van der Waals surface area contributed by atoms with Gasteiger partial charge < -0.3 is 10.6 Å². The third kappa shape index (κ3) is 3.59. The predicted molar refractivity (Wildman–Crippen MR) is 90.5 cm³/mol. The highest BCUT2D eigenvalue weighted by molar-refractivity contribution is 6.00. The molecule has 0 saturated heterocycles. The Bertz CT molecular complexity index is 1060. The molecular weight excluding hydrogens is 363 g/mol. The smallest absolute Gasteiger partial charge is 0.253 e. The summed E-state index contributed by atoms with van der Waals surface area (Å²) in [5, 5.41) is 9.30. The second-order valence-corrected chi connectivity index (χ2v) is 5.76. The van der Waals surface area contributed by atoms with Crippen LogP contribution in [0.3, 0.4) is 0 Å². The minimum Gasteiger partial charge on any atom is -0.343 e. The van der Waals surface area contributed by atoms with E-state index in [0.29, 0.717) is 22.8 Å². The summed E-state index contributed by atoms with van der Waals surface area (Å²) >= 11 is 0. The van der Waals surface area contributed by atoms with Crippen LogP contribution < -0.4 is 10.6 Å². The number of fused-ring (bicyclic) bond motifs is 1. The van der Waals surface area contributed by atoms with Crippen LogP contribution in [0.1, 0.15) is 16.1 Å². The highest BCUT2D eigenvalue weighted by atomic mass is 19.2. The zero-order valence-electron chi connectivity index (χ0n) is 14.3. The molecule has 0 bridgehead atoms. The zero-order chi connectivity index (χ0) is 19.7. The maximum atomic E-state index is 13.5. The van der Waals surface area contributed by atoms with E-state index in [1.54, 1.807) is 24.7 Å². The Hall–Kier alpha value is -3.43. The first kappa shape index (κ1) is 18.4. The molecule has 1 aromatic carbocycles. The first-order valence-electron chi connectivity index (χ1n) is 7.79. The fourth-order valence-corrected chi connectivity index (χ4v) is 2.51. The van der Waals surface area contributed by atoms with Crippen LogP contribution in [-0.2, 0) is 11.8 Å². The van der Waals surface area contributed by atoms with Crippen LogP contribution in [0, 0.1) is 24.4 Å². The summed E-state index contributed by atoms with van der Waals surface area (Å²) in [5.74, 6) is -5.96. The summed E-state index contributed by atoms with van der Waals surface area (Å²) in [7, 11) is 1.73. The number of amides is 2. The van der Waals surface area contributed by atoms with Gasteiger partial charge in [-0.3, -0.25) is 14.3 Å². The van der Waals surface area contributed by atoms with E-state index in [1.807, 2.05) is 0 Å². The number of nitrogens with zero attached hydrogens (tertiary/aromatic N) is 3. The van der Waals surface area contributed by atoms with Crippen LogP contribution in [0.25, 0.3) is 11.0 Å². The standard InChI is InChI=1S/C17H14F3N5O2/c1-8-10-5-9(6-21-16(10)25(2)24-8)17(27)22-7-13(26)23-12-4-3-11(18)14(19)15(12)20/h3-6H,7H2,1-2H3,(H,22,27)(H,23,26). The zero-order valence-corrected chi connectivity index (χ0v) is 14.3. The van der Waals surface area contributed by atoms with Crippen molar-refractivity contribution in [1.29, 1.82) is 0 Å². The molecule has 3 rings (SSSR count). The van der Waals surface area contributed by atoms with Crippen LogP contribution in [-0.4, -0.2) is 33.1 Å². The summed E-state index contributed by atoms with van der Waals surface area (Å²) < 4.78 is 41.2. The van der Waals surface area contributed by atoms with Gasteiger partial charge >= 0.3 is 0 Å². The van der Waals surface area contributed by atoms with Gasteiger partial charge in [0, 0.05) is 18.6 Å². The lowest BCUT2D eigenvalue weighted by molar-refractivity contribution is -0.115. The number of anilines is 1. The Morgan fingerprint density at radius 3 is 2.67 bits per heavy atom. The maximum Gasteiger partial charge on any atom is 0.253 e. The molecule has 0 unspecified atom stereocenters. The summed E-state index contributed by atoms with van der Waals surface area (Å²) in [6.07, 6.45) is 1.34. The molecule has 0 saturated carbocycles. The van der Waals surface area contributed by atoms with Gasteiger partial charge in [0.15, 0.2) is 23.1 Å². The van der Waals surface area contributed by atoms with Crippen LogP contribution in [0.4, 0.5) is 18.9 Å². The average molecular weight is 377 g/mol. The fourth-order valence-electron chi connectivity index (χ4n) is 2.51. The monoisotopic (exact) mass is 377 g/mol. The summed E-state index contributed by atoms with van der Waals surface area (Å²) in [6, 6.07) is 3.16. The van der Waals surface area contributed by atoms with Crippen molar-refractivity contribution >= 4 is 28.5 Å². The van der Waals surface area contributed by atoms with E-state index in [9.17, 15) is 22.8 Å². The molecule has 0 atom stereocenters. The Kier molecular flexibility index (Phi) is 4.80. The van der Waals surface area contributed by atoms with Gasteiger partial charge in [0.1, 0.15) is 0 Å². The lowest BCUT2D eigenvalue weighted by atomic mass is 10.2. The molecule has 7 nitrogen and oxygen atoms in total. The molecule has 3 aromatic rings. The molecule has 0 aliphatic carbocycles. The van der Waals surface area contributed by atoms with Gasteiger partial charge in [0.25, 0.3) is 5.91 Å². The minimum absolute atomic E-state index is 0.213. The van der Waals surface area contributed by atoms with Crippen LogP contribution in [0.5, 0.6) is 0 Å². The third-order valence-electron chi connectivity index (χ3n) is 3.84. The van der Waals surface area contributed by atoms with Crippen molar-refractivity contribution in [1.82, 2.24) is 20.1 Å². The van der Waals surface area contributed by atoms with Crippen LogP contribution in [0.2, 0.25) is 0 Å². The molecule has 140 valence electrons. The van der Waals surface area contributed by atoms with E-state index in [4.69, 9.17) is 0 Å². The lowest BCUT2D eigenvalue weighted by Gasteiger charge is -2.08. The molecule has 0 aliphatic heterocycles. The number of halogens is 3. The lowest BCUT2D eigenvalue weighted by Crippen LogP contribution is -2.33. The normalized spacial score (nSPS) is 10.9.